The van der Waals surface area contributed by atoms with Gasteiger partial charge in [0.25, 0.3) is 0 Å². The maximum absolute atomic E-state index is 13.3. The van der Waals surface area contributed by atoms with Crippen LogP contribution in [0.5, 0.6) is 11.5 Å². The topological polar surface area (TPSA) is 247 Å². The molecule has 16 fully saturated rings. The molecule has 16 bridgehead atoms. The fraction of sp³-hybridized carbons (Fsp3) is 0.545. The SMILES string of the molecule is CC1(OC(=O)COc2ccc([S+](c3ccccc3)c3ccccc3)cc2)C2CC3CC(C2)CC1C3.CC1(OC(=O)COc2ccc([S+](c3ccccc3)c3ccccc3)cc2)C2CC3CC(C2)CC1C3.O=C(OCC(F)(F)SOO[O-])C12CC3CC(CC(O)(C3)C1)C2.O=C(OCC(F)(F)SOO[O-])C12CC3CC(CC(O)(C3)C1)C2.[Cl-].[Na+]. The van der Waals surface area contributed by atoms with Gasteiger partial charge in [0.1, 0.15) is 46.8 Å². The second-order valence-electron chi connectivity index (χ2n) is 35.1. The van der Waals surface area contributed by atoms with E-state index in [0.29, 0.717) is 86.5 Å². The van der Waals surface area contributed by atoms with E-state index in [9.17, 15) is 57.5 Å². The van der Waals surface area contributed by atoms with Crippen molar-refractivity contribution in [3.05, 3.63) is 170 Å². The van der Waals surface area contributed by atoms with Gasteiger partial charge in [-0.05, 0) is 323 Å². The van der Waals surface area contributed by atoms with Gasteiger partial charge in [0.2, 0.25) is 0 Å². The number of benzene rings is 6. The zero-order chi connectivity index (χ0) is 79.7. The molecule has 4 unspecified atom stereocenters. The maximum Gasteiger partial charge on any atom is 1.00 e. The van der Waals surface area contributed by atoms with Crippen LogP contribution in [0.25, 0.3) is 0 Å². The number of esters is 4. The van der Waals surface area contributed by atoms with Gasteiger partial charge in [0.15, 0.2) is 55.8 Å². The van der Waals surface area contributed by atoms with Crippen molar-refractivity contribution in [1.82, 2.24) is 0 Å². The molecule has 0 aromatic heterocycles. The third kappa shape index (κ3) is 20.5. The van der Waals surface area contributed by atoms with Crippen LogP contribution < -0.4 is 62.0 Å². The number of rotatable bonds is 26. The van der Waals surface area contributed by atoms with E-state index in [4.69, 9.17) is 28.4 Å². The van der Waals surface area contributed by atoms with E-state index in [1.807, 2.05) is 24.3 Å². The molecule has 0 saturated heterocycles. The van der Waals surface area contributed by atoms with Crippen LogP contribution in [0.4, 0.5) is 17.6 Å². The van der Waals surface area contributed by atoms with E-state index in [2.05, 4.69) is 178 Å². The van der Waals surface area contributed by atoms with E-state index in [1.165, 1.54) is 93.6 Å². The van der Waals surface area contributed by atoms with Crippen molar-refractivity contribution in [3.63, 3.8) is 0 Å². The van der Waals surface area contributed by atoms with Crippen LogP contribution in [0.15, 0.2) is 199 Å². The van der Waals surface area contributed by atoms with Crippen LogP contribution in [-0.2, 0) is 78.7 Å². The second-order valence-corrected chi connectivity index (χ2v) is 41.0. The molecule has 0 heterocycles. The second kappa shape index (κ2) is 37.3. The average Bonchev–Trinajstić information content (AvgIpc) is 0.708. The molecule has 2 N–H and O–H groups in total. The number of halogens is 5. The number of hydrogen-bond donors (Lipinski definition) is 2. The summed E-state index contributed by atoms with van der Waals surface area (Å²) in [7, 11) is -0.391. The standard InChI is InChI=1S/2C31H33O3S.2C13H18F2O6S.ClH.Na/c2*1-31(24-17-22-16-23(19-24)20-25(31)18-22)34-30(32)21-33-26-12-14-29(15-13-26)35(27-8-4-2-5-9-27)28-10-6-3-7-11-28;2*14-13(15,22-21-20-18)7-19-10(16)11-2-8-1-9(3-11)5-12(17,4-8)6-11;;/h2*2-15,22-25H,16-21H2,1H3;2*8-9,17-18H,1-7H2;1H;/q2*+1;;;;+1/p-3. The van der Waals surface area contributed by atoms with Crippen molar-refractivity contribution in [2.24, 2.45) is 81.8 Å². The largest absolute Gasteiger partial charge is 1.00 e. The zero-order valence-electron chi connectivity index (χ0n) is 65.4. The van der Waals surface area contributed by atoms with Gasteiger partial charge in [-0.25, -0.2) is 9.59 Å². The van der Waals surface area contributed by atoms with Gasteiger partial charge >= 0.3 is 63.9 Å². The predicted octanol–water partition coefficient (Wildman–Crippen LogP) is 10.5. The normalized spacial score (nSPS) is 32.5. The molecule has 0 aliphatic heterocycles. The summed E-state index contributed by atoms with van der Waals surface area (Å²) in [5.74, 6) is 6.08. The van der Waals surface area contributed by atoms with Crippen LogP contribution in [-0.4, -0.2) is 93.4 Å². The fourth-order valence-corrected chi connectivity index (χ4v) is 28.1. The maximum atomic E-state index is 13.3. The smallest absolute Gasteiger partial charge is 1.00 e. The minimum absolute atomic E-state index is 0. The Morgan fingerprint density at radius 2 is 0.664 bits per heavy atom. The van der Waals surface area contributed by atoms with Crippen molar-refractivity contribution in [2.75, 3.05) is 26.4 Å². The number of aliphatic hydroxyl groups is 2. The quantitative estimate of drug-likeness (QED) is 0.00749. The third-order valence-electron chi connectivity index (χ3n) is 27.0. The molecule has 0 radical (unpaired) electrons. The Morgan fingerprint density at radius 1 is 0.405 bits per heavy atom. The molecule has 16 saturated carbocycles. The molecular formula is C88H100ClF4NaO18S4. The monoisotopic (exact) mass is 1710 g/mol. The molecule has 28 heteroatoms. The van der Waals surface area contributed by atoms with Crippen molar-refractivity contribution in [2.45, 2.75) is 217 Å². The number of alkyl halides is 4. The first-order valence-electron chi connectivity index (χ1n) is 40.1. The summed E-state index contributed by atoms with van der Waals surface area (Å²) < 4.78 is 94.0. The Kier molecular flexibility index (Phi) is 28.5. The molecular weight excluding hydrogens is 1610 g/mol. The number of carbonyl (C=O) groups is 4. The van der Waals surface area contributed by atoms with E-state index >= 15 is 0 Å². The summed E-state index contributed by atoms with van der Waals surface area (Å²) >= 11 is -0.995. The molecule has 18 nitrogen and oxygen atoms in total. The Bertz CT molecular complexity index is 3850. The van der Waals surface area contributed by atoms with Gasteiger partial charge < -0.3 is 61.6 Å². The molecule has 22 rings (SSSR count). The minimum atomic E-state index is -3.57. The third-order valence-corrected chi connectivity index (χ3v) is 32.4. The van der Waals surface area contributed by atoms with Gasteiger partial charge in [-0.1, -0.05) is 72.8 Å². The van der Waals surface area contributed by atoms with Crippen molar-refractivity contribution in [1.29, 1.82) is 0 Å². The summed E-state index contributed by atoms with van der Waals surface area (Å²) in [5, 5.41) is 38.8. The molecule has 0 spiro atoms. The van der Waals surface area contributed by atoms with Crippen molar-refractivity contribution in [3.8, 4) is 11.5 Å². The molecule has 116 heavy (non-hydrogen) atoms. The Morgan fingerprint density at radius 3 is 0.922 bits per heavy atom. The van der Waals surface area contributed by atoms with Crippen LogP contribution in [0.2, 0.25) is 0 Å². The summed E-state index contributed by atoms with van der Waals surface area (Å²) in [6.07, 6.45) is 20.2. The first-order chi connectivity index (χ1) is 54.7. The molecule has 4 atom stereocenters. The van der Waals surface area contributed by atoms with E-state index in [-0.39, 0.29) is 137 Å². The van der Waals surface area contributed by atoms with Gasteiger partial charge in [0.05, 0.1) is 43.8 Å². The van der Waals surface area contributed by atoms with Gasteiger partial charge in [-0.15, -0.1) is 0 Å². The van der Waals surface area contributed by atoms with Crippen molar-refractivity contribution >= 4 is 69.8 Å². The van der Waals surface area contributed by atoms with Gasteiger partial charge in [-0.2, -0.15) is 26.2 Å². The minimum Gasteiger partial charge on any atom is -1.00 e. The summed E-state index contributed by atoms with van der Waals surface area (Å²) in [5.41, 5.74) is -4.04. The molecule has 16 aliphatic rings. The number of carbonyl (C=O) groups excluding carboxylic acids is 4. The predicted molar refractivity (Wildman–Crippen MR) is 413 cm³/mol. The number of hydrogen-bond acceptors (Lipinski definition) is 20. The Hall–Kier alpha value is -5.11. The zero-order valence-corrected chi connectivity index (χ0v) is 71.4. The molecule has 6 aromatic carbocycles. The number of ether oxygens (including phenoxy) is 6. The van der Waals surface area contributed by atoms with Gasteiger partial charge in [0, 0.05) is 0 Å². The van der Waals surface area contributed by atoms with Crippen LogP contribution in [0.3, 0.4) is 0 Å². The van der Waals surface area contributed by atoms with Crippen LogP contribution in [0, 0.1) is 81.8 Å². The average molecular weight is 1710 g/mol. The summed E-state index contributed by atoms with van der Waals surface area (Å²) in [6.45, 7) is 1.89. The summed E-state index contributed by atoms with van der Waals surface area (Å²) in [6, 6.07) is 58.7. The summed E-state index contributed by atoms with van der Waals surface area (Å²) in [4.78, 5) is 57.9. The van der Waals surface area contributed by atoms with E-state index in [0.717, 1.165) is 36.5 Å². The first-order valence-corrected chi connectivity index (χ1v) is 44.0. The molecule has 16 aliphatic carbocycles. The van der Waals surface area contributed by atoms with Crippen molar-refractivity contribution < 1.29 is 147 Å². The first kappa shape index (κ1) is 88.7. The Labute approximate surface area is 717 Å². The van der Waals surface area contributed by atoms with Crippen LogP contribution in [0.1, 0.15) is 155 Å². The van der Waals surface area contributed by atoms with E-state index < -0.39 is 81.8 Å². The van der Waals surface area contributed by atoms with Gasteiger partial charge in [-0.3, -0.25) is 19.7 Å². The van der Waals surface area contributed by atoms with E-state index in [1.54, 1.807) is 0 Å². The molecule has 6 aromatic rings. The fourth-order valence-electron chi connectivity index (χ4n) is 23.5. The van der Waals surface area contributed by atoms with Crippen LogP contribution >= 0.6 is 24.1 Å². The molecule has 620 valence electrons. The molecule has 0 amide bonds. The Balaban J connectivity index is 0.000000137.